The zero-order valence-electron chi connectivity index (χ0n) is 15.3. The largest absolute Gasteiger partial charge is 0.478 e. The maximum atomic E-state index is 14.4. The highest BCUT2D eigenvalue weighted by Crippen LogP contribution is 2.27. The van der Waals surface area contributed by atoms with Gasteiger partial charge in [-0.25, -0.2) is 19.0 Å². The Morgan fingerprint density at radius 1 is 1.15 bits per heavy atom. The maximum Gasteiger partial charge on any atom is 0.335 e. The molecule has 0 aliphatic carbocycles. The molecule has 2 aromatic rings. The molecule has 1 aliphatic heterocycles. The number of rotatable bonds is 3. The second-order valence-electron chi connectivity index (χ2n) is 5.66. The molecule has 1 fully saturated rings. The third kappa shape index (κ3) is 3.66. The quantitative estimate of drug-likeness (QED) is 0.899. The monoisotopic (exact) mass is 359 g/mol. The molecule has 2 heterocycles. The number of aromatic carboxylic acids is 1. The van der Waals surface area contributed by atoms with Crippen LogP contribution in [0.1, 0.15) is 35.5 Å². The first-order valence-electron chi connectivity index (χ1n) is 8.44. The van der Waals surface area contributed by atoms with Gasteiger partial charge in [0.05, 0.1) is 5.56 Å². The fraction of sp³-hybridized carbons (Fsp3) is 0.316. The topological polar surface area (TPSA) is 73.7 Å². The number of benzene rings is 1. The zero-order chi connectivity index (χ0) is 19.4. The van der Waals surface area contributed by atoms with Crippen LogP contribution in [0.4, 0.5) is 20.7 Å². The lowest BCUT2D eigenvalue weighted by atomic mass is 10.2. The van der Waals surface area contributed by atoms with Crippen LogP contribution in [0.5, 0.6) is 0 Å². The molecule has 2 amide bonds. The molecular weight excluding hydrogens is 337 g/mol. The first-order valence-corrected chi connectivity index (χ1v) is 8.44. The van der Waals surface area contributed by atoms with Crippen LogP contribution in [0, 0.1) is 19.7 Å². The van der Waals surface area contributed by atoms with Gasteiger partial charge in [-0.1, -0.05) is 19.9 Å². The average molecular weight is 359 g/mol. The number of urea groups is 1. The molecule has 7 heteroatoms. The van der Waals surface area contributed by atoms with Crippen LogP contribution in [-0.4, -0.2) is 35.2 Å². The molecule has 1 aliphatic rings. The van der Waals surface area contributed by atoms with Crippen LogP contribution in [-0.2, 0) is 0 Å². The fourth-order valence-corrected chi connectivity index (χ4v) is 2.76. The van der Waals surface area contributed by atoms with Gasteiger partial charge in [-0.2, -0.15) is 0 Å². The van der Waals surface area contributed by atoms with Crippen molar-refractivity contribution in [2.45, 2.75) is 27.7 Å². The number of carboxylic acids is 1. The second-order valence-corrected chi connectivity index (χ2v) is 5.66. The summed E-state index contributed by atoms with van der Waals surface area (Å²) in [5.41, 5.74) is 1.61. The Labute approximate surface area is 151 Å². The number of carboxylic acid groups (broad SMARTS) is 1. The number of amides is 2. The van der Waals surface area contributed by atoms with E-state index in [0.29, 0.717) is 23.5 Å². The number of halogens is 1. The van der Waals surface area contributed by atoms with E-state index in [-0.39, 0.29) is 17.9 Å². The Morgan fingerprint density at radius 2 is 1.81 bits per heavy atom. The van der Waals surface area contributed by atoms with Crippen molar-refractivity contribution in [1.29, 1.82) is 0 Å². The van der Waals surface area contributed by atoms with Gasteiger partial charge in [-0.05, 0) is 43.7 Å². The van der Waals surface area contributed by atoms with Gasteiger partial charge in [0.25, 0.3) is 0 Å². The SMILES string of the molecule is CC.Cc1cc(C)c(F)c(N2CCN(c3cccc(C(=O)O)c3)C2=O)n1. The van der Waals surface area contributed by atoms with Crippen molar-refractivity contribution in [2.24, 2.45) is 0 Å². The third-order valence-electron chi connectivity index (χ3n) is 3.92. The number of hydrogen-bond acceptors (Lipinski definition) is 3. The number of carbonyl (C=O) groups excluding carboxylic acids is 1. The number of nitrogens with zero attached hydrogens (tertiary/aromatic N) is 3. The molecular formula is C19H22FN3O3. The molecule has 1 aromatic carbocycles. The smallest absolute Gasteiger partial charge is 0.335 e. The number of pyridine rings is 1. The van der Waals surface area contributed by atoms with Gasteiger partial charge in [0.15, 0.2) is 11.6 Å². The van der Waals surface area contributed by atoms with Crippen molar-refractivity contribution in [3.63, 3.8) is 0 Å². The highest BCUT2D eigenvalue weighted by atomic mass is 19.1. The summed E-state index contributed by atoms with van der Waals surface area (Å²) in [7, 11) is 0. The average Bonchev–Trinajstić information content (AvgIpc) is 3.01. The molecule has 26 heavy (non-hydrogen) atoms. The van der Waals surface area contributed by atoms with Gasteiger partial charge in [0.1, 0.15) is 0 Å². The molecule has 0 bridgehead atoms. The number of carbonyl (C=O) groups is 2. The predicted octanol–water partition coefficient (Wildman–Crippen LogP) is 4.01. The summed E-state index contributed by atoms with van der Waals surface area (Å²) < 4.78 is 14.4. The van der Waals surface area contributed by atoms with Crippen LogP contribution in [0.25, 0.3) is 0 Å². The number of anilines is 2. The third-order valence-corrected chi connectivity index (χ3v) is 3.92. The normalized spacial score (nSPS) is 13.5. The lowest BCUT2D eigenvalue weighted by Gasteiger charge is -2.19. The molecule has 1 saturated heterocycles. The van der Waals surface area contributed by atoms with Crippen molar-refractivity contribution < 1.29 is 19.1 Å². The molecule has 0 atom stereocenters. The molecule has 1 N–H and O–H groups in total. The van der Waals surface area contributed by atoms with Crippen molar-refractivity contribution in [1.82, 2.24) is 4.98 Å². The van der Waals surface area contributed by atoms with Crippen molar-refractivity contribution in [3.05, 3.63) is 53.0 Å². The lowest BCUT2D eigenvalue weighted by Crippen LogP contribution is -2.33. The number of aryl methyl sites for hydroxylation is 2. The summed E-state index contributed by atoms with van der Waals surface area (Å²) in [4.78, 5) is 30.6. The zero-order valence-corrected chi connectivity index (χ0v) is 15.3. The van der Waals surface area contributed by atoms with E-state index in [1.807, 2.05) is 13.8 Å². The minimum absolute atomic E-state index is 0.00869. The molecule has 0 saturated carbocycles. The summed E-state index contributed by atoms with van der Waals surface area (Å²) >= 11 is 0. The maximum absolute atomic E-state index is 14.4. The summed E-state index contributed by atoms with van der Waals surface area (Å²) in [6, 6.07) is 7.30. The Bertz CT molecular complexity index is 839. The van der Waals surface area contributed by atoms with E-state index in [4.69, 9.17) is 5.11 Å². The highest BCUT2D eigenvalue weighted by molar-refractivity contribution is 6.06. The second kappa shape index (κ2) is 7.95. The van der Waals surface area contributed by atoms with E-state index >= 15 is 0 Å². The van der Waals surface area contributed by atoms with E-state index in [2.05, 4.69) is 4.98 Å². The van der Waals surface area contributed by atoms with Crippen molar-refractivity contribution in [2.75, 3.05) is 22.9 Å². The van der Waals surface area contributed by atoms with Crippen molar-refractivity contribution >= 4 is 23.5 Å². The van der Waals surface area contributed by atoms with E-state index in [1.165, 1.54) is 21.9 Å². The minimum atomic E-state index is -1.07. The van der Waals surface area contributed by atoms with Crippen molar-refractivity contribution in [3.8, 4) is 0 Å². The Kier molecular flexibility index (Phi) is 5.92. The van der Waals surface area contributed by atoms with Crippen LogP contribution in [0.15, 0.2) is 30.3 Å². The minimum Gasteiger partial charge on any atom is -0.478 e. The Hall–Kier alpha value is -2.96. The first-order chi connectivity index (χ1) is 12.4. The summed E-state index contributed by atoms with van der Waals surface area (Å²) in [5, 5.41) is 9.07. The fourth-order valence-electron chi connectivity index (χ4n) is 2.76. The molecule has 6 nitrogen and oxygen atoms in total. The van der Waals surface area contributed by atoms with E-state index in [1.54, 1.807) is 32.0 Å². The summed E-state index contributed by atoms with van der Waals surface area (Å²) in [6.45, 7) is 7.98. The van der Waals surface area contributed by atoms with Gasteiger partial charge in [-0.3, -0.25) is 9.80 Å². The molecule has 138 valence electrons. The molecule has 0 unspecified atom stereocenters. The van der Waals surface area contributed by atoms with E-state index < -0.39 is 17.8 Å². The van der Waals surface area contributed by atoms with Gasteiger partial charge in [0.2, 0.25) is 0 Å². The number of aromatic nitrogens is 1. The summed E-state index contributed by atoms with van der Waals surface area (Å²) in [6.07, 6.45) is 0. The first kappa shape index (κ1) is 19.4. The van der Waals surface area contributed by atoms with Gasteiger partial charge in [0, 0.05) is 24.5 Å². The molecule has 1 aromatic heterocycles. The van der Waals surface area contributed by atoms with Gasteiger partial charge < -0.3 is 5.11 Å². The highest BCUT2D eigenvalue weighted by Gasteiger charge is 2.33. The Morgan fingerprint density at radius 3 is 2.46 bits per heavy atom. The van der Waals surface area contributed by atoms with E-state index in [0.717, 1.165) is 0 Å². The molecule has 3 rings (SSSR count). The van der Waals surface area contributed by atoms with Gasteiger partial charge in [-0.15, -0.1) is 0 Å². The van der Waals surface area contributed by atoms with Crippen LogP contribution >= 0.6 is 0 Å². The summed E-state index contributed by atoms with van der Waals surface area (Å²) in [5.74, 6) is -1.58. The van der Waals surface area contributed by atoms with Gasteiger partial charge >= 0.3 is 12.0 Å². The van der Waals surface area contributed by atoms with E-state index in [9.17, 15) is 14.0 Å². The lowest BCUT2D eigenvalue weighted by molar-refractivity contribution is 0.0697. The molecule has 0 radical (unpaired) electrons. The Balaban J connectivity index is 0.00000117. The van der Waals surface area contributed by atoms with Crippen LogP contribution in [0.2, 0.25) is 0 Å². The standard InChI is InChI=1S/C17H16FN3O3.C2H6/c1-10-8-11(2)19-15(14(10)18)21-7-6-20(17(21)24)13-5-3-4-12(9-13)16(22)23;1-2/h3-5,8-9H,6-7H2,1-2H3,(H,22,23);1-2H3. The van der Waals surface area contributed by atoms with Crippen LogP contribution < -0.4 is 9.80 Å². The predicted molar refractivity (Wildman–Crippen MR) is 98.5 cm³/mol. The van der Waals surface area contributed by atoms with Crippen LogP contribution in [0.3, 0.4) is 0 Å². The number of hydrogen-bond donors (Lipinski definition) is 1. The molecule has 0 spiro atoms.